The third kappa shape index (κ3) is 3.80. The number of carboxylic acids is 1. The summed E-state index contributed by atoms with van der Waals surface area (Å²) in [6.07, 6.45) is -0.145. The van der Waals surface area contributed by atoms with Gasteiger partial charge in [-0.1, -0.05) is 42.5 Å². The molecule has 0 aliphatic carbocycles. The fourth-order valence-electron chi connectivity index (χ4n) is 3.87. The molecule has 3 aromatic rings. The highest BCUT2D eigenvalue weighted by Crippen LogP contribution is 2.42. The summed E-state index contributed by atoms with van der Waals surface area (Å²) in [4.78, 5) is 43.7. The van der Waals surface area contributed by atoms with Crippen molar-refractivity contribution in [2.75, 3.05) is 4.90 Å². The van der Waals surface area contributed by atoms with Crippen LogP contribution in [0.1, 0.15) is 37.5 Å². The van der Waals surface area contributed by atoms with Crippen LogP contribution in [0.3, 0.4) is 0 Å². The molecule has 8 heteroatoms. The molecule has 32 heavy (non-hydrogen) atoms. The van der Waals surface area contributed by atoms with E-state index in [9.17, 15) is 19.5 Å². The molecular formula is C24H20N2O5S. The van der Waals surface area contributed by atoms with Gasteiger partial charge in [0, 0.05) is 5.69 Å². The normalized spacial score (nSPS) is 16.0. The summed E-state index contributed by atoms with van der Waals surface area (Å²) in [7, 11) is 0. The summed E-state index contributed by atoms with van der Waals surface area (Å²) in [6, 6.07) is 14.7. The zero-order valence-corrected chi connectivity index (χ0v) is 18.2. The van der Waals surface area contributed by atoms with E-state index in [0.29, 0.717) is 27.4 Å². The molecule has 0 saturated heterocycles. The van der Waals surface area contributed by atoms with Gasteiger partial charge in [-0.2, -0.15) is 0 Å². The Morgan fingerprint density at radius 1 is 1.06 bits per heavy atom. The predicted octanol–water partition coefficient (Wildman–Crippen LogP) is 4.17. The summed E-state index contributed by atoms with van der Waals surface area (Å²) < 4.78 is 0. The molecule has 2 aromatic carbocycles. The Labute approximate surface area is 188 Å². The molecule has 1 unspecified atom stereocenters. The second-order valence-corrected chi connectivity index (χ2v) is 8.67. The van der Waals surface area contributed by atoms with E-state index < -0.39 is 29.5 Å². The molecule has 1 amide bonds. The molecule has 1 aliphatic heterocycles. The van der Waals surface area contributed by atoms with E-state index in [0.717, 1.165) is 5.01 Å². The van der Waals surface area contributed by atoms with Gasteiger partial charge in [-0.05, 0) is 37.1 Å². The molecule has 4 rings (SSSR count). The van der Waals surface area contributed by atoms with Crippen LogP contribution in [0.2, 0.25) is 0 Å². The number of carbonyl (C=O) groups excluding carboxylic acids is 2. The minimum atomic E-state index is -0.959. The summed E-state index contributed by atoms with van der Waals surface area (Å²) in [5, 5.41) is 20.5. The number of anilines is 1. The van der Waals surface area contributed by atoms with E-state index in [1.54, 1.807) is 62.4 Å². The number of ketones is 1. The zero-order valence-electron chi connectivity index (χ0n) is 17.4. The Balaban J connectivity index is 1.81. The molecular weight excluding hydrogens is 428 g/mol. The van der Waals surface area contributed by atoms with Crippen LogP contribution in [0.25, 0.3) is 0 Å². The second-order valence-electron chi connectivity index (χ2n) is 7.46. The van der Waals surface area contributed by atoms with Crippen molar-refractivity contribution in [3.63, 3.8) is 0 Å². The van der Waals surface area contributed by atoms with Crippen LogP contribution >= 0.6 is 11.3 Å². The number of rotatable bonds is 6. The van der Waals surface area contributed by atoms with Gasteiger partial charge in [0.25, 0.3) is 5.91 Å². The smallest absolute Gasteiger partial charge is 0.307 e. The number of benzene rings is 2. The second kappa shape index (κ2) is 8.39. The van der Waals surface area contributed by atoms with Gasteiger partial charge in [0.1, 0.15) is 0 Å². The Bertz CT molecular complexity index is 1250. The largest absolute Gasteiger partial charge is 0.503 e. The highest BCUT2D eigenvalue weighted by Gasteiger charge is 2.45. The lowest BCUT2D eigenvalue weighted by Crippen LogP contribution is -2.31. The first kappa shape index (κ1) is 21.5. The van der Waals surface area contributed by atoms with Gasteiger partial charge in [-0.15, -0.1) is 11.3 Å². The van der Waals surface area contributed by atoms with Crippen molar-refractivity contribution in [3.05, 3.63) is 92.6 Å². The minimum absolute atomic E-state index is 0.00237. The fraction of sp³-hybridized carbons (Fsp3) is 0.167. The maximum Gasteiger partial charge on any atom is 0.307 e. The Hall–Kier alpha value is -3.78. The molecule has 0 fully saturated rings. The van der Waals surface area contributed by atoms with Crippen molar-refractivity contribution < 1.29 is 24.6 Å². The highest BCUT2D eigenvalue weighted by atomic mass is 32.1. The minimum Gasteiger partial charge on any atom is -0.503 e. The first-order valence-electron chi connectivity index (χ1n) is 9.89. The average Bonchev–Trinajstić information content (AvgIpc) is 3.24. The first-order valence-corrected chi connectivity index (χ1v) is 10.7. The molecule has 162 valence electrons. The number of aliphatic carboxylic acids is 1. The number of aromatic nitrogens is 1. The zero-order chi connectivity index (χ0) is 23.0. The van der Waals surface area contributed by atoms with E-state index in [2.05, 4.69) is 4.98 Å². The van der Waals surface area contributed by atoms with E-state index in [4.69, 9.17) is 5.11 Å². The summed E-state index contributed by atoms with van der Waals surface area (Å²) >= 11 is 1.22. The molecule has 1 aliphatic rings. The van der Waals surface area contributed by atoms with E-state index in [-0.39, 0.29) is 12.0 Å². The van der Waals surface area contributed by atoms with Crippen molar-refractivity contribution in [2.24, 2.45) is 0 Å². The Kier molecular flexibility index (Phi) is 5.63. The molecule has 7 nitrogen and oxygen atoms in total. The maximum absolute atomic E-state index is 13.5. The lowest BCUT2D eigenvalue weighted by molar-refractivity contribution is -0.136. The number of nitrogens with zero attached hydrogens (tertiary/aromatic N) is 2. The number of aryl methyl sites for hydroxylation is 2. The highest BCUT2D eigenvalue weighted by molar-refractivity contribution is 7.14. The fourth-order valence-corrected chi connectivity index (χ4v) is 4.74. The molecule has 1 aromatic heterocycles. The van der Waals surface area contributed by atoms with Gasteiger partial charge in [0.05, 0.1) is 33.6 Å². The number of Topliss-reactive ketones (excluding diaryl/α,β-unsaturated/α-hetero) is 1. The summed E-state index contributed by atoms with van der Waals surface area (Å²) in [5.41, 5.74) is 2.25. The van der Waals surface area contributed by atoms with Gasteiger partial charge >= 0.3 is 5.97 Å². The van der Waals surface area contributed by atoms with Crippen LogP contribution in [0.15, 0.2) is 65.9 Å². The number of amides is 1. The van der Waals surface area contributed by atoms with Gasteiger partial charge in [-0.3, -0.25) is 19.3 Å². The van der Waals surface area contributed by atoms with Crippen LogP contribution in [0, 0.1) is 13.8 Å². The third-order valence-electron chi connectivity index (χ3n) is 5.25. The van der Waals surface area contributed by atoms with Gasteiger partial charge in [0.15, 0.2) is 5.76 Å². The van der Waals surface area contributed by atoms with Crippen molar-refractivity contribution in [1.29, 1.82) is 0 Å². The van der Waals surface area contributed by atoms with E-state index >= 15 is 0 Å². The summed E-state index contributed by atoms with van der Waals surface area (Å²) in [6.45, 7) is 3.52. The molecule has 2 heterocycles. The van der Waals surface area contributed by atoms with Gasteiger partial charge < -0.3 is 10.2 Å². The Morgan fingerprint density at radius 2 is 1.72 bits per heavy atom. The number of hydrogen-bond donors (Lipinski definition) is 2. The monoisotopic (exact) mass is 448 g/mol. The first-order chi connectivity index (χ1) is 15.3. The van der Waals surface area contributed by atoms with Crippen LogP contribution in [-0.2, 0) is 16.0 Å². The number of aliphatic hydroxyl groups excluding tert-OH is 1. The average molecular weight is 449 g/mol. The van der Waals surface area contributed by atoms with E-state index in [1.165, 1.54) is 16.2 Å². The quantitative estimate of drug-likeness (QED) is 0.548. The van der Waals surface area contributed by atoms with Crippen LogP contribution in [0.5, 0.6) is 0 Å². The molecule has 0 saturated carbocycles. The van der Waals surface area contributed by atoms with Gasteiger partial charge in [0.2, 0.25) is 5.78 Å². The van der Waals surface area contributed by atoms with Crippen molar-refractivity contribution in [3.8, 4) is 0 Å². The van der Waals surface area contributed by atoms with Crippen LogP contribution in [0.4, 0.5) is 5.69 Å². The number of carbonyl (C=O) groups is 3. The van der Waals surface area contributed by atoms with Crippen molar-refractivity contribution in [2.45, 2.75) is 26.3 Å². The third-order valence-corrected chi connectivity index (χ3v) is 6.32. The maximum atomic E-state index is 13.5. The number of thiazole rings is 1. The lowest BCUT2D eigenvalue weighted by Gasteiger charge is -2.27. The number of carboxylic acid groups (broad SMARTS) is 1. The molecule has 2 N–H and O–H groups in total. The predicted molar refractivity (Wildman–Crippen MR) is 120 cm³/mol. The van der Waals surface area contributed by atoms with Crippen LogP contribution < -0.4 is 4.90 Å². The number of aliphatic hydroxyl groups is 1. The lowest BCUT2D eigenvalue weighted by atomic mass is 9.95. The summed E-state index contributed by atoms with van der Waals surface area (Å²) in [5.74, 6) is -2.67. The molecule has 0 spiro atoms. The standard InChI is InChI=1S/C24H20N2O5S/c1-13-23(32-14(2)25-13)21(29)19-20(16-6-4-3-5-7-16)26(24(31)22(19)30)17-10-8-15(9-11-17)12-18(27)28/h3-11,20,30H,12H2,1-2H3,(H,27,28). The topological polar surface area (TPSA) is 108 Å². The molecule has 0 radical (unpaired) electrons. The van der Waals surface area contributed by atoms with Crippen LogP contribution in [-0.4, -0.2) is 32.9 Å². The van der Waals surface area contributed by atoms with Crippen molar-refractivity contribution in [1.82, 2.24) is 4.98 Å². The molecule has 1 atom stereocenters. The SMILES string of the molecule is Cc1nc(C)c(C(=O)C2=C(O)C(=O)N(c3ccc(CC(=O)O)cc3)C2c2ccccc2)s1. The van der Waals surface area contributed by atoms with Gasteiger partial charge in [-0.25, -0.2) is 4.98 Å². The Morgan fingerprint density at radius 3 is 2.28 bits per heavy atom. The number of hydrogen-bond acceptors (Lipinski definition) is 6. The molecule has 0 bridgehead atoms. The van der Waals surface area contributed by atoms with E-state index in [1.807, 2.05) is 6.07 Å². The van der Waals surface area contributed by atoms with Crippen molar-refractivity contribution >= 4 is 34.7 Å².